The van der Waals surface area contributed by atoms with Gasteiger partial charge in [-0.05, 0) is 31.9 Å². The Labute approximate surface area is 116 Å². The Kier molecular flexibility index (Phi) is 4.55. The summed E-state index contributed by atoms with van der Waals surface area (Å²) in [6.45, 7) is 1.50. The molecule has 2 N–H and O–H groups in total. The largest absolute Gasteiger partial charge is 0.449 e. The molecule has 6 heteroatoms. The first kappa shape index (κ1) is 14.3. The van der Waals surface area contributed by atoms with Gasteiger partial charge in [-0.2, -0.15) is 0 Å². The van der Waals surface area contributed by atoms with Crippen LogP contribution in [0.15, 0.2) is 23.1 Å². The van der Waals surface area contributed by atoms with Crippen molar-refractivity contribution in [2.75, 3.05) is 0 Å². The molecule has 20 heavy (non-hydrogen) atoms. The normalized spacial score (nSPS) is 16.6. The Bertz CT molecular complexity index is 546. The summed E-state index contributed by atoms with van der Waals surface area (Å²) in [5, 5.41) is 2.85. The highest BCUT2D eigenvalue weighted by Gasteiger charge is 2.24. The Hall–Kier alpha value is -2.11. The van der Waals surface area contributed by atoms with Gasteiger partial charge in [-0.15, -0.1) is 0 Å². The molecule has 1 atom stereocenters. The fourth-order valence-corrected chi connectivity index (χ4v) is 2.25. The number of rotatable bonds is 4. The third-order valence-corrected chi connectivity index (χ3v) is 3.39. The summed E-state index contributed by atoms with van der Waals surface area (Å²) in [6.07, 6.45) is 4.66. The lowest BCUT2D eigenvalue weighted by atomic mass is 10.2. The number of amides is 1. The Morgan fingerprint density at radius 1 is 1.40 bits per heavy atom. The van der Waals surface area contributed by atoms with Gasteiger partial charge in [0.25, 0.3) is 11.5 Å². The van der Waals surface area contributed by atoms with E-state index in [1.807, 2.05) is 0 Å². The number of aromatic amines is 1. The second-order valence-electron chi connectivity index (χ2n) is 4.95. The van der Waals surface area contributed by atoms with Crippen molar-refractivity contribution < 1.29 is 14.3 Å². The Morgan fingerprint density at radius 3 is 2.75 bits per heavy atom. The maximum absolute atomic E-state index is 11.9. The molecule has 0 spiro atoms. The second kappa shape index (κ2) is 6.36. The summed E-state index contributed by atoms with van der Waals surface area (Å²) < 4.78 is 5.02. The minimum absolute atomic E-state index is 0.104. The van der Waals surface area contributed by atoms with Crippen molar-refractivity contribution in [2.45, 2.75) is 44.8 Å². The summed E-state index contributed by atoms with van der Waals surface area (Å²) in [7, 11) is 0. The number of pyridine rings is 1. The summed E-state index contributed by atoms with van der Waals surface area (Å²) in [5.74, 6) is -1.11. The highest BCUT2D eigenvalue weighted by atomic mass is 16.5. The van der Waals surface area contributed by atoms with Crippen LogP contribution in [0.3, 0.4) is 0 Å². The lowest BCUT2D eigenvalue weighted by Crippen LogP contribution is -2.41. The van der Waals surface area contributed by atoms with E-state index in [1.165, 1.54) is 25.3 Å². The number of hydrogen-bond donors (Lipinski definition) is 2. The van der Waals surface area contributed by atoms with Gasteiger partial charge in [0.1, 0.15) is 5.56 Å². The molecule has 1 aromatic heterocycles. The van der Waals surface area contributed by atoms with Gasteiger partial charge >= 0.3 is 5.97 Å². The van der Waals surface area contributed by atoms with Crippen LogP contribution in [0.4, 0.5) is 0 Å². The number of esters is 1. The predicted octanol–water partition coefficient (Wildman–Crippen LogP) is 0.979. The van der Waals surface area contributed by atoms with Crippen LogP contribution in [0.25, 0.3) is 0 Å². The number of hydrogen-bond acceptors (Lipinski definition) is 4. The molecule has 2 rings (SSSR count). The topological polar surface area (TPSA) is 88.3 Å². The average Bonchev–Trinajstić information content (AvgIpc) is 2.91. The van der Waals surface area contributed by atoms with E-state index in [0.717, 1.165) is 25.7 Å². The lowest BCUT2D eigenvalue weighted by molar-refractivity contribution is -0.129. The SMILES string of the molecule is C[C@H](OC(=O)c1ccc[nH]c1=O)C(=O)NC1CCCC1. The van der Waals surface area contributed by atoms with Crippen LogP contribution in [0.1, 0.15) is 43.0 Å². The van der Waals surface area contributed by atoms with Crippen molar-refractivity contribution in [1.82, 2.24) is 10.3 Å². The molecule has 1 aliphatic carbocycles. The van der Waals surface area contributed by atoms with E-state index in [0.29, 0.717) is 0 Å². The van der Waals surface area contributed by atoms with Gasteiger partial charge < -0.3 is 15.0 Å². The standard InChI is InChI=1S/C14H18N2O4/c1-9(12(17)16-10-5-2-3-6-10)20-14(19)11-7-4-8-15-13(11)18/h4,7-10H,2-3,5-6H2,1H3,(H,15,18)(H,16,17)/t9-/m0/s1. The maximum Gasteiger partial charge on any atom is 0.344 e. The molecular formula is C14H18N2O4. The minimum Gasteiger partial charge on any atom is -0.449 e. The smallest absolute Gasteiger partial charge is 0.344 e. The number of ether oxygens (including phenoxy) is 1. The maximum atomic E-state index is 11.9. The fourth-order valence-electron chi connectivity index (χ4n) is 2.25. The molecule has 1 aromatic rings. The van der Waals surface area contributed by atoms with Crippen molar-refractivity contribution in [3.63, 3.8) is 0 Å². The third kappa shape index (κ3) is 3.46. The lowest BCUT2D eigenvalue weighted by Gasteiger charge is -2.16. The van der Waals surface area contributed by atoms with Gasteiger partial charge in [-0.25, -0.2) is 4.79 Å². The van der Waals surface area contributed by atoms with Gasteiger partial charge in [0.15, 0.2) is 6.10 Å². The van der Waals surface area contributed by atoms with Crippen LogP contribution in [0, 0.1) is 0 Å². The van der Waals surface area contributed by atoms with E-state index in [-0.39, 0.29) is 17.5 Å². The van der Waals surface area contributed by atoms with E-state index in [1.54, 1.807) is 0 Å². The highest BCUT2D eigenvalue weighted by Crippen LogP contribution is 2.17. The van der Waals surface area contributed by atoms with Crippen LogP contribution in [-0.4, -0.2) is 29.0 Å². The molecule has 0 unspecified atom stereocenters. The van der Waals surface area contributed by atoms with Gasteiger partial charge in [0.05, 0.1) is 0 Å². The zero-order valence-electron chi connectivity index (χ0n) is 11.3. The van der Waals surface area contributed by atoms with Crippen LogP contribution < -0.4 is 10.9 Å². The van der Waals surface area contributed by atoms with Gasteiger partial charge in [0.2, 0.25) is 0 Å². The van der Waals surface area contributed by atoms with E-state index in [9.17, 15) is 14.4 Å². The molecule has 0 radical (unpaired) electrons. The zero-order valence-corrected chi connectivity index (χ0v) is 11.3. The first-order chi connectivity index (χ1) is 9.58. The molecule has 6 nitrogen and oxygen atoms in total. The summed E-state index contributed by atoms with van der Waals surface area (Å²) >= 11 is 0. The van der Waals surface area contributed by atoms with Crippen LogP contribution in [-0.2, 0) is 9.53 Å². The third-order valence-electron chi connectivity index (χ3n) is 3.39. The fraction of sp³-hybridized carbons (Fsp3) is 0.500. The molecule has 0 aromatic carbocycles. The van der Waals surface area contributed by atoms with Gasteiger partial charge in [0, 0.05) is 12.2 Å². The second-order valence-corrected chi connectivity index (χ2v) is 4.95. The first-order valence-corrected chi connectivity index (χ1v) is 6.77. The Morgan fingerprint density at radius 2 is 2.10 bits per heavy atom. The van der Waals surface area contributed by atoms with Crippen LogP contribution >= 0.6 is 0 Å². The molecule has 1 saturated carbocycles. The number of carbonyl (C=O) groups is 2. The highest BCUT2D eigenvalue weighted by molar-refractivity contribution is 5.91. The summed E-state index contributed by atoms with van der Waals surface area (Å²) in [6, 6.07) is 3.06. The molecule has 1 heterocycles. The van der Waals surface area contributed by atoms with Crippen LogP contribution in [0.2, 0.25) is 0 Å². The monoisotopic (exact) mass is 278 g/mol. The molecule has 0 bridgehead atoms. The molecule has 1 amide bonds. The van der Waals surface area contributed by atoms with Gasteiger partial charge in [-0.1, -0.05) is 12.8 Å². The van der Waals surface area contributed by atoms with Crippen molar-refractivity contribution >= 4 is 11.9 Å². The molecular weight excluding hydrogens is 260 g/mol. The van der Waals surface area contributed by atoms with Gasteiger partial charge in [-0.3, -0.25) is 9.59 Å². The molecule has 0 aliphatic heterocycles. The molecule has 0 saturated heterocycles. The minimum atomic E-state index is -0.914. The van der Waals surface area contributed by atoms with E-state index < -0.39 is 17.6 Å². The van der Waals surface area contributed by atoms with E-state index in [4.69, 9.17) is 4.74 Å². The predicted molar refractivity (Wildman–Crippen MR) is 72.3 cm³/mol. The van der Waals surface area contributed by atoms with Crippen molar-refractivity contribution in [3.8, 4) is 0 Å². The quantitative estimate of drug-likeness (QED) is 0.803. The molecule has 1 aliphatic rings. The average molecular weight is 278 g/mol. The zero-order chi connectivity index (χ0) is 14.5. The first-order valence-electron chi connectivity index (χ1n) is 6.77. The van der Waals surface area contributed by atoms with Crippen molar-refractivity contribution in [2.24, 2.45) is 0 Å². The summed E-state index contributed by atoms with van der Waals surface area (Å²) in [5.41, 5.74) is -0.631. The van der Waals surface area contributed by atoms with Crippen molar-refractivity contribution in [1.29, 1.82) is 0 Å². The number of H-pyrrole nitrogens is 1. The summed E-state index contributed by atoms with van der Waals surface area (Å²) in [4.78, 5) is 37.5. The number of carbonyl (C=O) groups excluding carboxylic acids is 2. The van der Waals surface area contributed by atoms with Crippen molar-refractivity contribution in [3.05, 3.63) is 34.2 Å². The number of aromatic nitrogens is 1. The Balaban J connectivity index is 1.91. The van der Waals surface area contributed by atoms with E-state index >= 15 is 0 Å². The van der Waals surface area contributed by atoms with E-state index in [2.05, 4.69) is 10.3 Å². The number of nitrogens with one attached hydrogen (secondary N) is 2. The molecule has 108 valence electrons. The van der Waals surface area contributed by atoms with Crippen LogP contribution in [0.5, 0.6) is 0 Å². The molecule has 1 fully saturated rings.